The maximum Gasteiger partial charge on any atom is 0.209 e. The Bertz CT molecular complexity index is 878. The Labute approximate surface area is 157 Å². The van der Waals surface area contributed by atoms with Gasteiger partial charge in [-0.3, -0.25) is 0 Å². The quantitative estimate of drug-likeness (QED) is 0.676. The van der Waals surface area contributed by atoms with Crippen molar-refractivity contribution in [2.45, 2.75) is 52.4 Å². The molecule has 0 fully saturated rings. The minimum atomic E-state index is 0.109. The molecule has 0 N–H and O–H groups in total. The van der Waals surface area contributed by atoms with E-state index < -0.39 is 0 Å². The van der Waals surface area contributed by atoms with Gasteiger partial charge in [-0.15, -0.1) is 0 Å². The van der Waals surface area contributed by atoms with Gasteiger partial charge in [0.25, 0.3) is 0 Å². The minimum Gasteiger partial charge on any atom is -0.192 e. The molecule has 2 heteroatoms. The van der Waals surface area contributed by atoms with E-state index in [1.54, 1.807) is 0 Å². The minimum absolute atomic E-state index is 0.109. The third-order valence-electron chi connectivity index (χ3n) is 6.90. The zero-order valence-electron chi connectivity index (χ0n) is 16.9. The van der Waals surface area contributed by atoms with Gasteiger partial charge in [-0.1, -0.05) is 36.4 Å². The van der Waals surface area contributed by atoms with E-state index in [9.17, 15) is 0 Å². The Balaban J connectivity index is 1.71. The number of rotatable bonds is 3. The van der Waals surface area contributed by atoms with Crippen molar-refractivity contribution in [1.29, 1.82) is 0 Å². The Morgan fingerprint density at radius 2 is 0.962 bits per heavy atom. The van der Waals surface area contributed by atoms with Crippen molar-refractivity contribution in [3.05, 3.63) is 59.7 Å². The Morgan fingerprint density at radius 3 is 1.35 bits per heavy atom. The molecule has 134 valence electrons. The summed E-state index contributed by atoms with van der Waals surface area (Å²) < 4.78 is 5.05. The summed E-state index contributed by atoms with van der Waals surface area (Å²) in [5.74, 6) is 0. The third kappa shape index (κ3) is 2.24. The smallest absolute Gasteiger partial charge is 0.192 e. The summed E-state index contributed by atoms with van der Waals surface area (Å²) in [6.45, 7) is 16.0. The zero-order valence-corrected chi connectivity index (χ0v) is 16.9. The molecule has 0 radical (unpaired) electrons. The second kappa shape index (κ2) is 5.64. The third-order valence-corrected chi connectivity index (χ3v) is 6.90. The molecule has 0 aromatic heterocycles. The Hall–Kier alpha value is -2.22. The van der Waals surface area contributed by atoms with Crippen LogP contribution in [0.5, 0.6) is 0 Å². The maximum absolute atomic E-state index is 2.52. The molecule has 2 heterocycles. The van der Waals surface area contributed by atoms with Crippen LogP contribution in [-0.2, 0) is 10.8 Å². The molecule has 2 nitrogen and oxygen atoms in total. The highest BCUT2D eigenvalue weighted by molar-refractivity contribution is 5.94. The van der Waals surface area contributed by atoms with E-state index >= 15 is 0 Å². The van der Waals surface area contributed by atoms with Gasteiger partial charge >= 0.3 is 0 Å². The Morgan fingerprint density at radius 1 is 0.615 bits per heavy atom. The van der Waals surface area contributed by atoms with E-state index in [1.807, 2.05) is 0 Å². The summed E-state index contributed by atoms with van der Waals surface area (Å²) in [6.07, 6.45) is 0. The molecule has 0 unspecified atom stereocenters. The molecule has 0 bridgehead atoms. The van der Waals surface area contributed by atoms with Gasteiger partial charge in [-0.2, -0.15) is 9.15 Å². The highest BCUT2D eigenvalue weighted by Gasteiger charge is 2.45. The fourth-order valence-corrected chi connectivity index (χ4v) is 4.68. The van der Waals surface area contributed by atoms with Crippen molar-refractivity contribution in [3.8, 4) is 0 Å². The maximum atomic E-state index is 2.52. The molecule has 26 heavy (non-hydrogen) atoms. The van der Waals surface area contributed by atoms with Gasteiger partial charge < -0.3 is 0 Å². The van der Waals surface area contributed by atoms with Crippen LogP contribution < -0.4 is 0 Å². The van der Waals surface area contributed by atoms with Crippen LogP contribution in [0.15, 0.2) is 48.5 Å². The fourth-order valence-electron chi connectivity index (χ4n) is 4.68. The standard InChI is InChI=1S/C24H30N2/c1-17-23(3,4)19-11-7-9-13-21(19)25(17)15-16-26-18(2)24(5,6)20-12-8-10-14-22(20)26/h7-14H,15-16H2,1-6H3/q+2. The van der Waals surface area contributed by atoms with Crippen LogP contribution >= 0.6 is 0 Å². The van der Waals surface area contributed by atoms with Gasteiger partial charge in [-0.25, -0.2) is 0 Å². The number of fused-ring (bicyclic) bond motifs is 2. The van der Waals surface area contributed by atoms with Gasteiger partial charge in [0.05, 0.1) is 10.8 Å². The van der Waals surface area contributed by atoms with Crippen LogP contribution in [0.2, 0.25) is 0 Å². The first-order valence-electron chi connectivity index (χ1n) is 9.68. The lowest BCUT2D eigenvalue weighted by Gasteiger charge is -2.14. The molecular formula is C24H30N2+2. The van der Waals surface area contributed by atoms with Crippen molar-refractivity contribution >= 4 is 22.8 Å². The van der Waals surface area contributed by atoms with Gasteiger partial charge in [0, 0.05) is 37.1 Å². The number of hydrogen-bond donors (Lipinski definition) is 0. The predicted octanol–water partition coefficient (Wildman–Crippen LogP) is 5.18. The monoisotopic (exact) mass is 346 g/mol. The molecule has 0 aliphatic carbocycles. The summed E-state index contributed by atoms with van der Waals surface area (Å²) in [5.41, 5.74) is 8.75. The number of para-hydroxylation sites is 2. The van der Waals surface area contributed by atoms with E-state index in [0.29, 0.717) is 0 Å². The summed E-state index contributed by atoms with van der Waals surface area (Å²) in [4.78, 5) is 0. The number of benzene rings is 2. The second-order valence-electron chi connectivity index (χ2n) is 8.76. The lowest BCUT2D eigenvalue weighted by molar-refractivity contribution is -0.516. The van der Waals surface area contributed by atoms with E-state index in [2.05, 4.69) is 99.2 Å². The predicted molar refractivity (Wildman–Crippen MR) is 110 cm³/mol. The number of nitrogens with zero attached hydrogens (tertiary/aromatic N) is 2. The fraction of sp³-hybridized carbons (Fsp3) is 0.417. The topological polar surface area (TPSA) is 6.02 Å². The molecule has 0 saturated heterocycles. The lowest BCUT2D eigenvalue weighted by atomic mass is 9.82. The van der Waals surface area contributed by atoms with Gasteiger partial charge in [0.1, 0.15) is 0 Å². The van der Waals surface area contributed by atoms with Crippen LogP contribution in [-0.4, -0.2) is 33.7 Å². The summed E-state index contributed by atoms with van der Waals surface area (Å²) in [7, 11) is 0. The van der Waals surface area contributed by atoms with E-state index in [4.69, 9.17) is 0 Å². The SMILES string of the molecule is CC1=[N+](CC[N+]2=C(C)C(C)(C)c3ccccc32)c2ccccc2C1(C)C. The zero-order chi connectivity index (χ0) is 18.7. The van der Waals surface area contributed by atoms with Crippen molar-refractivity contribution in [1.82, 2.24) is 0 Å². The van der Waals surface area contributed by atoms with Gasteiger partial charge in [0.2, 0.25) is 24.5 Å². The summed E-state index contributed by atoms with van der Waals surface area (Å²) in [6, 6.07) is 17.7. The Kier molecular flexibility index (Phi) is 3.73. The first-order valence-corrected chi connectivity index (χ1v) is 9.68. The highest BCUT2D eigenvalue weighted by atomic mass is 15.1. The van der Waals surface area contributed by atoms with Crippen LogP contribution in [0.25, 0.3) is 0 Å². The molecule has 2 aliphatic heterocycles. The van der Waals surface area contributed by atoms with Crippen LogP contribution in [0.1, 0.15) is 52.7 Å². The molecule has 0 amide bonds. The molecule has 0 saturated carbocycles. The normalized spacial score (nSPS) is 19.8. The summed E-state index contributed by atoms with van der Waals surface area (Å²) >= 11 is 0. The molecule has 2 aliphatic rings. The molecule has 4 rings (SSSR count). The largest absolute Gasteiger partial charge is 0.209 e. The first-order chi connectivity index (χ1) is 12.3. The highest BCUT2D eigenvalue weighted by Crippen LogP contribution is 2.41. The molecule has 2 aromatic carbocycles. The second-order valence-corrected chi connectivity index (χ2v) is 8.76. The molecule has 0 atom stereocenters. The average Bonchev–Trinajstić information content (AvgIpc) is 2.94. The van der Waals surface area contributed by atoms with E-state index in [-0.39, 0.29) is 10.8 Å². The van der Waals surface area contributed by atoms with Crippen molar-refractivity contribution in [2.24, 2.45) is 0 Å². The van der Waals surface area contributed by atoms with Crippen molar-refractivity contribution in [3.63, 3.8) is 0 Å². The molecule has 2 aromatic rings. The van der Waals surface area contributed by atoms with Crippen LogP contribution in [0.4, 0.5) is 11.4 Å². The summed E-state index contributed by atoms with van der Waals surface area (Å²) in [5, 5.41) is 0. The average molecular weight is 347 g/mol. The molecular weight excluding hydrogens is 316 g/mol. The molecule has 0 spiro atoms. The van der Waals surface area contributed by atoms with Gasteiger partial charge in [-0.05, 0) is 27.7 Å². The van der Waals surface area contributed by atoms with Crippen LogP contribution in [0, 0.1) is 0 Å². The number of hydrogen-bond acceptors (Lipinski definition) is 0. The van der Waals surface area contributed by atoms with Gasteiger partial charge in [0.15, 0.2) is 11.4 Å². The van der Waals surface area contributed by atoms with Crippen molar-refractivity contribution in [2.75, 3.05) is 13.1 Å². The van der Waals surface area contributed by atoms with E-state index in [1.165, 1.54) is 33.9 Å². The first kappa shape index (κ1) is 17.2. The van der Waals surface area contributed by atoms with E-state index in [0.717, 1.165) is 13.1 Å². The van der Waals surface area contributed by atoms with Crippen molar-refractivity contribution < 1.29 is 9.15 Å². The van der Waals surface area contributed by atoms with Crippen LogP contribution in [0.3, 0.4) is 0 Å². The lowest BCUT2D eigenvalue weighted by Crippen LogP contribution is -2.30.